The Morgan fingerprint density at radius 1 is 1.03 bits per heavy atom. The van der Waals surface area contributed by atoms with E-state index >= 15 is 0 Å². The third kappa shape index (κ3) is 2.93. The summed E-state index contributed by atoms with van der Waals surface area (Å²) in [7, 11) is 0. The van der Waals surface area contributed by atoms with Crippen LogP contribution < -0.4 is 4.90 Å². The third-order valence-corrected chi connectivity index (χ3v) is 5.26. The highest BCUT2D eigenvalue weighted by molar-refractivity contribution is 5.88. The second kappa shape index (κ2) is 6.88. The Bertz CT molecular complexity index is 1220. The molecule has 0 fully saturated rings. The highest BCUT2D eigenvalue weighted by atomic mass is 16.5. The first kappa shape index (κ1) is 17.1. The number of aryl methyl sites for hydroxylation is 1. The van der Waals surface area contributed by atoms with Crippen molar-refractivity contribution in [2.45, 2.75) is 13.3 Å². The van der Waals surface area contributed by atoms with Crippen LogP contribution in [0.15, 0.2) is 65.7 Å². The first-order valence-electron chi connectivity index (χ1n) is 9.37. The molecule has 0 bridgehead atoms. The molecule has 140 valence electrons. The molecule has 5 rings (SSSR count). The number of aromatic nitrogens is 3. The maximum atomic E-state index is 9.13. The molecule has 0 N–H and O–H groups in total. The molecular formula is C23H17N5O. The molecule has 2 aromatic carbocycles. The van der Waals surface area contributed by atoms with Gasteiger partial charge in [-0.1, -0.05) is 17.3 Å². The van der Waals surface area contributed by atoms with Gasteiger partial charge < -0.3 is 9.42 Å². The quantitative estimate of drug-likeness (QED) is 0.503. The van der Waals surface area contributed by atoms with Gasteiger partial charge in [0.2, 0.25) is 0 Å². The first-order chi connectivity index (χ1) is 14.2. The third-order valence-electron chi connectivity index (χ3n) is 5.26. The number of hydrogen-bond acceptors (Lipinski definition) is 6. The average molecular weight is 379 g/mol. The predicted octanol–water partition coefficient (Wildman–Crippen LogP) is 4.67. The molecule has 0 aliphatic carbocycles. The summed E-state index contributed by atoms with van der Waals surface area (Å²) in [4.78, 5) is 10.6. The Morgan fingerprint density at radius 2 is 1.83 bits per heavy atom. The van der Waals surface area contributed by atoms with E-state index in [0.29, 0.717) is 5.56 Å². The van der Waals surface area contributed by atoms with Gasteiger partial charge in [-0.25, -0.2) is 9.97 Å². The lowest BCUT2D eigenvalue weighted by Crippen LogP contribution is -2.19. The van der Waals surface area contributed by atoms with Gasteiger partial charge in [-0.3, -0.25) is 0 Å². The fourth-order valence-corrected chi connectivity index (χ4v) is 3.84. The van der Waals surface area contributed by atoms with E-state index in [-0.39, 0.29) is 0 Å². The SMILES string of the molecule is Cc1noc2c1-c1ccc(-c3cncnc3)cc1N(c1ccc(C#N)cc1)CC2. The Balaban J connectivity index is 1.71. The van der Waals surface area contributed by atoms with Gasteiger partial charge in [0.1, 0.15) is 12.1 Å². The summed E-state index contributed by atoms with van der Waals surface area (Å²) in [6.07, 6.45) is 5.90. The fourth-order valence-electron chi connectivity index (χ4n) is 3.84. The molecule has 1 aliphatic rings. The van der Waals surface area contributed by atoms with Crippen molar-refractivity contribution in [1.82, 2.24) is 15.1 Å². The summed E-state index contributed by atoms with van der Waals surface area (Å²) in [6.45, 7) is 2.72. The summed E-state index contributed by atoms with van der Waals surface area (Å²) in [5.74, 6) is 0.899. The summed E-state index contributed by atoms with van der Waals surface area (Å²) >= 11 is 0. The van der Waals surface area contributed by atoms with Gasteiger partial charge in [-0.15, -0.1) is 0 Å². The van der Waals surface area contributed by atoms with Gasteiger partial charge in [0.25, 0.3) is 0 Å². The minimum Gasteiger partial charge on any atom is -0.360 e. The Morgan fingerprint density at radius 3 is 2.59 bits per heavy atom. The van der Waals surface area contributed by atoms with Crippen molar-refractivity contribution in [3.8, 4) is 28.3 Å². The van der Waals surface area contributed by atoms with Crippen LogP contribution in [-0.4, -0.2) is 21.7 Å². The van der Waals surface area contributed by atoms with Gasteiger partial charge >= 0.3 is 0 Å². The monoisotopic (exact) mass is 379 g/mol. The molecule has 0 unspecified atom stereocenters. The topological polar surface area (TPSA) is 78.8 Å². The first-order valence-corrected chi connectivity index (χ1v) is 9.37. The van der Waals surface area contributed by atoms with E-state index in [9.17, 15) is 0 Å². The Hall–Kier alpha value is -3.98. The van der Waals surface area contributed by atoms with Gasteiger partial charge in [0.05, 0.1) is 17.3 Å². The molecule has 0 radical (unpaired) electrons. The largest absolute Gasteiger partial charge is 0.360 e. The van der Waals surface area contributed by atoms with Gasteiger partial charge in [0, 0.05) is 53.4 Å². The number of hydrogen-bond donors (Lipinski definition) is 0. The van der Waals surface area contributed by atoms with Crippen molar-refractivity contribution >= 4 is 11.4 Å². The lowest BCUT2D eigenvalue weighted by molar-refractivity contribution is 0.381. The molecule has 6 nitrogen and oxygen atoms in total. The van der Waals surface area contributed by atoms with Crippen LogP contribution in [0.1, 0.15) is 17.0 Å². The second-order valence-electron chi connectivity index (χ2n) is 6.99. The van der Waals surface area contributed by atoms with Crippen LogP contribution in [0.5, 0.6) is 0 Å². The van der Waals surface area contributed by atoms with Crippen LogP contribution in [0, 0.1) is 18.3 Å². The molecule has 6 heteroatoms. The minimum absolute atomic E-state index is 0.644. The zero-order chi connectivity index (χ0) is 19.8. The molecule has 0 amide bonds. The van der Waals surface area contributed by atoms with Gasteiger partial charge in [-0.2, -0.15) is 5.26 Å². The van der Waals surface area contributed by atoms with E-state index in [4.69, 9.17) is 9.78 Å². The number of nitrogens with zero attached hydrogens (tertiary/aromatic N) is 5. The highest BCUT2D eigenvalue weighted by Crippen LogP contribution is 2.43. The maximum Gasteiger partial charge on any atom is 0.146 e. The van der Waals surface area contributed by atoms with Crippen LogP contribution in [0.2, 0.25) is 0 Å². The normalized spacial score (nSPS) is 12.6. The Labute approximate surface area is 168 Å². The van der Waals surface area contributed by atoms with Crippen molar-refractivity contribution in [1.29, 1.82) is 5.26 Å². The van der Waals surface area contributed by atoms with Gasteiger partial charge in [0.15, 0.2) is 0 Å². The average Bonchev–Trinajstić information content (AvgIpc) is 3.06. The highest BCUT2D eigenvalue weighted by Gasteiger charge is 2.26. The molecule has 0 atom stereocenters. The number of nitriles is 1. The van der Waals surface area contributed by atoms with Gasteiger partial charge in [-0.05, 0) is 42.8 Å². The molecule has 0 spiro atoms. The Kier molecular flexibility index (Phi) is 4.07. The van der Waals surface area contributed by atoms with Crippen molar-refractivity contribution in [3.63, 3.8) is 0 Å². The van der Waals surface area contributed by atoms with E-state index in [1.807, 2.05) is 43.6 Å². The number of fused-ring (bicyclic) bond motifs is 3. The summed E-state index contributed by atoms with van der Waals surface area (Å²) < 4.78 is 5.62. The molecule has 0 saturated heterocycles. The zero-order valence-electron chi connectivity index (χ0n) is 15.8. The van der Waals surface area contributed by atoms with Crippen LogP contribution >= 0.6 is 0 Å². The minimum atomic E-state index is 0.644. The molecule has 0 saturated carbocycles. The second-order valence-corrected chi connectivity index (χ2v) is 6.99. The molecule has 29 heavy (non-hydrogen) atoms. The molecule has 3 heterocycles. The van der Waals surface area contributed by atoms with Crippen LogP contribution in [0.4, 0.5) is 11.4 Å². The number of rotatable bonds is 2. The standard InChI is InChI=1S/C23H17N5O/c1-15-23-20-7-4-17(18-12-25-14-26-13-18)10-21(20)28(9-8-22(23)29-27-15)19-5-2-16(11-24)3-6-19/h2-7,10,12-14H,8-9H2,1H3. The molecule has 2 aromatic heterocycles. The summed E-state index contributed by atoms with van der Waals surface area (Å²) in [6, 6.07) is 16.2. The smallest absolute Gasteiger partial charge is 0.146 e. The van der Waals surface area contributed by atoms with Crippen molar-refractivity contribution in [3.05, 3.63) is 78.2 Å². The van der Waals surface area contributed by atoms with Crippen molar-refractivity contribution in [2.24, 2.45) is 0 Å². The fraction of sp³-hybridized carbons (Fsp3) is 0.130. The van der Waals surface area contributed by atoms with Crippen LogP contribution in [0.3, 0.4) is 0 Å². The van der Waals surface area contributed by atoms with E-state index in [2.05, 4.69) is 44.3 Å². The maximum absolute atomic E-state index is 9.13. The van der Waals surface area contributed by atoms with Crippen molar-refractivity contribution < 1.29 is 4.52 Å². The number of benzene rings is 2. The van der Waals surface area contributed by atoms with Crippen LogP contribution in [-0.2, 0) is 6.42 Å². The molecule has 1 aliphatic heterocycles. The lowest BCUT2D eigenvalue weighted by atomic mass is 9.98. The summed E-state index contributed by atoms with van der Waals surface area (Å²) in [5.41, 5.74) is 7.78. The van der Waals surface area contributed by atoms with E-state index in [1.165, 1.54) is 6.33 Å². The van der Waals surface area contributed by atoms with E-state index in [0.717, 1.165) is 58.0 Å². The predicted molar refractivity (Wildman–Crippen MR) is 110 cm³/mol. The van der Waals surface area contributed by atoms with Crippen molar-refractivity contribution in [2.75, 3.05) is 11.4 Å². The number of anilines is 2. The molecular weight excluding hydrogens is 362 g/mol. The van der Waals surface area contributed by atoms with E-state index < -0.39 is 0 Å². The summed E-state index contributed by atoms with van der Waals surface area (Å²) in [5, 5.41) is 13.3. The zero-order valence-corrected chi connectivity index (χ0v) is 15.8. The van der Waals surface area contributed by atoms with Crippen LogP contribution in [0.25, 0.3) is 22.3 Å². The molecule has 4 aromatic rings. The van der Waals surface area contributed by atoms with E-state index in [1.54, 1.807) is 0 Å². The lowest BCUT2D eigenvalue weighted by Gasteiger charge is -2.26.